The lowest BCUT2D eigenvalue weighted by Gasteiger charge is -2.12. The standard InChI is InChI=1S/C10H9Cl2IO2S/c11-8-1-2-9(13)7(5-8)6-10(3-4-10)16(12,14)15/h1-2,5H,3-4,6H2. The molecule has 6 heteroatoms. The van der Waals surface area contributed by atoms with Crippen LogP contribution in [0.3, 0.4) is 0 Å². The monoisotopic (exact) mass is 390 g/mol. The van der Waals surface area contributed by atoms with Gasteiger partial charge in [0.1, 0.15) is 0 Å². The molecule has 1 aromatic carbocycles. The second kappa shape index (κ2) is 4.30. The van der Waals surface area contributed by atoms with Crippen LogP contribution in [0.5, 0.6) is 0 Å². The molecule has 0 bridgehead atoms. The maximum atomic E-state index is 11.4. The lowest BCUT2D eigenvalue weighted by Crippen LogP contribution is -2.21. The zero-order valence-corrected chi connectivity index (χ0v) is 12.7. The van der Waals surface area contributed by atoms with Crippen LogP contribution in [-0.4, -0.2) is 13.2 Å². The van der Waals surface area contributed by atoms with Crippen molar-refractivity contribution in [3.63, 3.8) is 0 Å². The fourth-order valence-electron chi connectivity index (χ4n) is 1.67. The quantitative estimate of drug-likeness (QED) is 0.583. The Labute approximate surface area is 118 Å². The molecule has 1 aliphatic carbocycles. The summed E-state index contributed by atoms with van der Waals surface area (Å²) in [5.74, 6) is 0. The number of hydrogen-bond donors (Lipinski definition) is 0. The molecule has 0 radical (unpaired) electrons. The second-order valence-electron chi connectivity index (χ2n) is 4.03. The van der Waals surface area contributed by atoms with E-state index in [-0.39, 0.29) is 0 Å². The molecule has 0 unspecified atom stereocenters. The summed E-state index contributed by atoms with van der Waals surface area (Å²) in [5, 5.41) is 0.623. The Hall–Kier alpha value is 0.480. The Kier molecular flexibility index (Phi) is 3.47. The van der Waals surface area contributed by atoms with Crippen LogP contribution in [0.1, 0.15) is 18.4 Å². The molecule has 0 heterocycles. The molecule has 0 spiro atoms. The van der Waals surface area contributed by atoms with Gasteiger partial charge in [0, 0.05) is 19.3 Å². The van der Waals surface area contributed by atoms with Gasteiger partial charge >= 0.3 is 0 Å². The van der Waals surface area contributed by atoms with Crippen molar-refractivity contribution in [1.82, 2.24) is 0 Å². The highest BCUT2D eigenvalue weighted by Gasteiger charge is 2.53. The molecule has 0 atom stereocenters. The number of benzene rings is 1. The first-order valence-corrected chi connectivity index (χ1v) is 8.49. The minimum Gasteiger partial charge on any atom is -0.212 e. The summed E-state index contributed by atoms with van der Waals surface area (Å²) in [5.41, 5.74) is 0.954. The molecule has 0 aliphatic heterocycles. The fourth-order valence-corrected chi connectivity index (χ4v) is 3.94. The first-order valence-electron chi connectivity index (χ1n) is 4.72. The van der Waals surface area contributed by atoms with Crippen molar-refractivity contribution >= 4 is 53.9 Å². The second-order valence-corrected chi connectivity index (χ2v) is 8.59. The Balaban J connectivity index is 2.32. The zero-order chi connectivity index (χ0) is 12.0. The molecule has 1 aliphatic rings. The predicted molar refractivity (Wildman–Crippen MR) is 74.6 cm³/mol. The molecule has 0 N–H and O–H groups in total. The number of halogens is 3. The molecule has 1 aromatic rings. The van der Waals surface area contributed by atoms with E-state index in [1.807, 2.05) is 12.1 Å². The third-order valence-electron chi connectivity index (χ3n) is 2.85. The smallest absolute Gasteiger partial charge is 0.212 e. The third-order valence-corrected chi connectivity index (χ3v) is 6.70. The topological polar surface area (TPSA) is 34.1 Å². The van der Waals surface area contributed by atoms with E-state index in [0.717, 1.165) is 9.13 Å². The Bertz CT molecular complexity index is 524. The van der Waals surface area contributed by atoms with Gasteiger partial charge in [-0.15, -0.1) is 0 Å². The molecule has 0 amide bonds. The minimum absolute atomic E-state index is 0.456. The highest BCUT2D eigenvalue weighted by atomic mass is 127. The minimum atomic E-state index is -3.49. The van der Waals surface area contributed by atoms with Crippen molar-refractivity contribution in [2.45, 2.75) is 24.0 Å². The van der Waals surface area contributed by atoms with Crippen LogP contribution in [-0.2, 0) is 15.5 Å². The highest BCUT2D eigenvalue weighted by Crippen LogP contribution is 2.48. The van der Waals surface area contributed by atoms with Crippen molar-refractivity contribution < 1.29 is 8.42 Å². The van der Waals surface area contributed by atoms with Crippen LogP contribution in [0.25, 0.3) is 0 Å². The average Bonchev–Trinajstić information content (AvgIpc) is 2.91. The van der Waals surface area contributed by atoms with E-state index in [2.05, 4.69) is 22.6 Å². The van der Waals surface area contributed by atoms with E-state index in [9.17, 15) is 8.42 Å². The van der Waals surface area contributed by atoms with Crippen LogP contribution in [0.15, 0.2) is 18.2 Å². The van der Waals surface area contributed by atoms with Gasteiger partial charge in [-0.25, -0.2) is 8.42 Å². The van der Waals surface area contributed by atoms with Crippen LogP contribution >= 0.6 is 44.9 Å². The molecule has 16 heavy (non-hydrogen) atoms. The largest absolute Gasteiger partial charge is 0.238 e. The summed E-state index contributed by atoms with van der Waals surface area (Å²) < 4.78 is 23.2. The van der Waals surface area contributed by atoms with Crippen LogP contribution < -0.4 is 0 Å². The molecule has 1 fully saturated rings. The first kappa shape index (κ1) is 12.9. The van der Waals surface area contributed by atoms with E-state index in [1.54, 1.807) is 6.07 Å². The van der Waals surface area contributed by atoms with Crippen molar-refractivity contribution in [3.8, 4) is 0 Å². The fraction of sp³-hybridized carbons (Fsp3) is 0.400. The summed E-state index contributed by atoms with van der Waals surface area (Å²) in [7, 11) is 1.97. The molecule has 0 saturated heterocycles. The van der Waals surface area contributed by atoms with Crippen molar-refractivity contribution in [2.24, 2.45) is 0 Å². The maximum absolute atomic E-state index is 11.4. The van der Waals surface area contributed by atoms with Gasteiger partial charge in [0.25, 0.3) is 0 Å². The van der Waals surface area contributed by atoms with Crippen molar-refractivity contribution in [1.29, 1.82) is 0 Å². The van der Waals surface area contributed by atoms with Crippen molar-refractivity contribution in [2.75, 3.05) is 0 Å². The van der Waals surface area contributed by atoms with Gasteiger partial charge in [-0.3, -0.25) is 0 Å². The lowest BCUT2D eigenvalue weighted by molar-refractivity contribution is 0.590. The summed E-state index contributed by atoms with van der Waals surface area (Å²) in [6, 6.07) is 5.49. The maximum Gasteiger partial charge on any atom is 0.238 e. The Morgan fingerprint density at radius 2 is 2.00 bits per heavy atom. The van der Waals surface area contributed by atoms with Crippen LogP contribution in [0, 0.1) is 3.57 Å². The summed E-state index contributed by atoms with van der Waals surface area (Å²) in [4.78, 5) is 0. The lowest BCUT2D eigenvalue weighted by atomic mass is 10.1. The van der Waals surface area contributed by atoms with Crippen LogP contribution in [0.2, 0.25) is 5.02 Å². The highest BCUT2D eigenvalue weighted by molar-refractivity contribution is 14.1. The van der Waals surface area contributed by atoms with Gasteiger partial charge in [0.15, 0.2) is 0 Å². The van der Waals surface area contributed by atoms with Gasteiger partial charge < -0.3 is 0 Å². The van der Waals surface area contributed by atoms with Gasteiger partial charge in [-0.05, 0) is 65.6 Å². The molecular weight excluding hydrogens is 382 g/mol. The predicted octanol–water partition coefficient (Wildman–Crippen LogP) is 3.59. The number of hydrogen-bond acceptors (Lipinski definition) is 2. The summed E-state index contributed by atoms with van der Waals surface area (Å²) in [6.07, 6.45) is 1.74. The average molecular weight is 391 g/mol. The molecule has 88 valence electrons. The van der Waals surface area contributed by atoms with Gasteiger partial charge in [-0.2, -0.15) is 0 Å². The Morgan fingerprint density at radius 3 is 2.50 bits per heavy atom. The first-order chi connectivity index (χ1) is 7.34. The molecule has 1 saturated carbocycles. The molecule has 0 aromatic heterocycles. The van der Waals surface area contributed by atoms with E-state index in [4.69, 9.17) is 22.3 Å². The number of rotatable bonds is 3. The molecule has 2 rings (SSSR count). The third kappa shape index (κ3) is 2.49. The van der Waals surface area contributed by atoms with Gasteiger partial charge in [0.05, 0.1) is 4.75 Å². The normalized spacial score (nSPS) is 18.4. The van der Waals surface area contributed by atoms with E-state index in [0.29, 0.717) is 24.3 Å². The van der Waals surface area contributed by atoms with Crippen molar-refractivity contribution in [3.05, 3.63) is 32.4 Å². The summed E-state index contributed by atoms with van der Waals surface area (Å²) in [6.45, 7) is 0. The molecule has 2 nitrogen and oxygen atoms in total. The van der Waals surface area contributed by atoms with E-state index in [1.165, 1.54) is 0 Å². The zero-order valence-electron chi connectivity index (χ0n) is 8.21. The Morgan fingerprint density at radius 1 is 1.38 bits per heavy atom. The SMILES string of the molecule is O=S(=O)(Cl)C1(Cc2cc(Cl)ccc2I)CC1. The van der Waals surface area contributed by atoms with E-state index >= 15 is 0 Å². The molecular formula is C10H9Cl2IO2S. The van der Waals surface area contributed by atoms with Gasteiger partial charge in [-0.1, -0.05) is 11.6 Å². The van der Waals surface area contributed by atoms with E-state index < -0.39 is 13.8 Å². The van der Waals surface area contributed by atoms with Gasteiger partial charge in [0.2, 0.25) is 9.05 Å². The summed E-state index contributed by atoms with van der Waals surface area (Å²) >= 11 is 8.07. The van der Waals surface area contributed by atoms with Crippen LogP contribution in [0.4, 0.5) is 0 Å².